The SMILES string of the molecule is CCOc1ccccc1N1CCN(C(=O)Nc2ccc(C)c(F)c2)CC1. The summed E-state index contributed by atoms with van der Waals surface area (Å²) in [6.45, 7) is 6.92. The first-order valence-electron chi connectivity index (χ1n) is 8.87. The van der Waals surface area contributed by atoms with Crippen molar-refractivity contribution in [2.75, 3.05) is 43.0 Å². The number of halogens is 1. The molecule has 0 spiro atoms. The molecule has 0 radical (unpaired) electrons. The lowest BCUT2D eigenvalue weighted by Gasteiger charge is -2.36. The van der Waals surface area contributed by atoms with Crippen LogP contribution in [0.5, 0.6) is 5.75 Å². The van der Waals surface area contributed by atoms with Crippen LogP contribution < -0.4 is 15.0 Å². The number of benzene rings is 2. The van der Waals surface area contributed by atoms with Crippen molar-refractivity contribution < 1.29 is 13.9 Å². The van der Waals surface area contributed by atoms with Crippen molar-refractivity contribution in [1.29, 1.82) is 0 Å². The van der Waals surface area contributed by atoms with Crippen LogP contribution in [0.2, 0.25) is 0 Å². The number of nitrogens with one attached hydrogen (secondary N) is 1. The van der Waals surface area contributed by atoms with Gasteiger partial charge < -0.3 is 19.9 Å². The van der Waals surface area contributed by atoms with Crippen molar-refractivity contribution in [3.05, 3.63) is 53.8 Å². The molecule has 1 N–H and O–H groups in total. The number of nitrogens with zero attached hydrogens (tertiary/aromatic N) is 2. The Balaban J connectivity index is 1.59. The molecule has 1 aliphatic rings. The van der Waals surface area contributed by atoms with Crippen LogP contribution in [-0.2, 0) is 0 Å². The summed E-state index contributed by atoms with van der Waals surface area (Å²) in [5.74, 6) is 0.545. The van der Waals surface area contributed by atoms with E-state index in [2.05, 4.69) is 10.2 Å². The average Bonchev–Trinajstić information content (AvgIpc) is 2.66. The van der Waals surface area contributed by atoms with Crippen LogP contribution in [0.3, 0.4) is 0 Å². The molecule has 1 saturated heterocycles. The Kier molecular flexibility index (Phi) is 5.61. The summed E-state index contributed by atoms with van der Waals surface area (Å²) < 4.78 is 19.3. The monoisotopic (exact) mass is 357 g/mol. The molecule has 0 saturated carbocycles. The molecule has 0 atom stereocenters. The fourth-order valence-electron chi connectivity index (χ4n) is 3.02. The lowest BCUT2D eigenvalue weighted by Crippen LogP contribution is -2.50. The molecule has 6 heteroatoms. The Morgan fingerprint density at radius 1 is 1.15 bits per heavy atom. The summed E-state index contributed by atoms with van der Waals surface area (Å²) in [5.41, 5.74) is 2.09. The smallest absolute Gasteiger partial charge is 0.321 e. The van der Waals surface area contributed by atoms with E-state index in [-0.39, 0.29) is 11.8 Å². The van der Waals surface area contributed by atoms with Gasteiger partial charge in [0.05, 0.1) is 12.3 Å². The molecule has 2 aromatic rings. The van der Waals surface area contributed by atoms with Gasteiger partial charge in [-0.1, -0.05) is 18.2 Å². The maximum Gasteiger partial charge on any atom is 0.321 e. The van der Waals surface area contributed by atoms with E-state index in [4.69, 9.17) is 4.74 Å². The molecular weight excluding hydrogens is 333 g/mol. The highest BCUT2D eigenvalue weighted by Crippen LogP contribution is 2.28. The maximum atomic E-state index is 13.6. The van der Waals surface area contributed by atoms with E-state index in [0.717, 1.165) is 24.5 Å². The summed E-state index contributed by atoms with van der Waals surface area (Å²) in [5, 5.41) is 2.77. The van der Waals surface area contributed by atoms with Crippen molar-refractivity contribution in [2.24, 2.45) is 0 Å². The molecule has 2 aromatic carbocycles. The first-order valence-corrected chi connectivity index (χ1v) is 8.87. The lowest BCUT2D eigenvalue weighted by molar-refractivity contribution is 0.208. The minimum Gasteiger partial charge on any atom is -0.492 e. The fourth-order valence-corrected chi connectivity index (χ4v) is 3.02. The number of hydrogen-bond donors (Lipinski definition) is 1. The Bertz CT molecular complexity index is 773. The molecule has 26 heavy (non-hydrogen) atoms. The van der Waals surface area contributed by atoms with Crippen LogP contribution in [0.25, 0.3) is 0 Å². The van der Waals surface area contributed by atoms with Crippen molar-refractivity contribution in [3.8, 4) is 5.75 Å². The number of carbonyl (C=O) groups excluding carboxylic acids is 1. The molecule has 3 rings (SSSR count). The van der Waals surface area contributed by atoms with Crippen LogP contribution in [-0.4, -0.2) is 43.7 Å². The van der Waals surface area contributed by atoms with Gasteiger partial charge in [0.25, 0.3) is 0 Å². The zero-order valence-corrected chi connectivity index (χ0v) is 15.2. The number of hydrogen-bond acceptors (Lipinski definition) is 3. The van der Waals surface area contributed by atoms with Crippen molar-refractivity contribution >= 4 is 17.4 Å². The van der Waals surface area contributed by atoms with Crippen LogP contribution in [0.4, 0.5) is 20.6 Å². The van der Waals surface area contributed by atoms with Gasteiger partial charge in [-0.3, -0.25) is 0 Å². The zero-order chi connectivity index (χ0) is 18.5. The molecule has 0 aromatic heterocycles. The van der Waals surface area contributed by atoms with Gasteiger partial charge in [-0.25, -0.2) is 9.18 Å². The molecule has 0 unspecified atom stereocenters. The summed E-state index contributed by atoms with van der Waals surface area (Å²) in [7, 11) is 0. The topological polar surface area (TPSA) is 44.8 Å². The van der Waals surface area contributed by atoms with Gasteiger partial charge in [-0.2, -0.15) is 0 Å². The maximum absolute atomic E-state index is 13.6. The number of amides is 2. The summed E-state index contributed by atoms with van der Waals surface area (Å²) in [6, 6.07) is 12.5. The summed E-state index contributed by atoms with van der Waals surface area (Å²) in [6.07, 6.45) is 0. The highest BCUT2D eigenvalue weighted by molar-refractivity contribution is 5.89. The fraction of sp³-hybridized carbons (Fsp3) is 0.350. The number of ether oxygens (including phenoxy) is 1. The van der Waals surface area contributed by atoms with E-state index in [1.165, 1.54) is 6.07 Å². The number of rotatable bonds is 4. The van der Waals surface area contributed by atoms with Crippen LogP contribution >= 0.6 is 0 Å². The Morgan fingerprint density at radius 3 is 2.58 bits per heavy atom. The largest absolute Gasteiger partial charge is 0.492 e. The molecule has 5 nitrogen and oxygen atoms in total. The van der Waals surface area contributed by atoms with Crippen molar-refractivity contribution in [3.63, 3.8) is 0 Å². The van der Waals surface area contributed by atoms with E-state index in [1.807, 2.05) is 31.2 Å². The van der Waals surface area contributed by atoms with Gasteiger partial charge in [0, 0.05) is 31.9 Å². The highest BCUT2D eigenvalue weighted by Gasteiger charge is 2.23. The van der Waals surface area contributed by atoms with Gasteiger partial charge in [-0.05, 0) is 43.7 Å². The van der Waals surface area contributed by atoms with Gasteiger partial charge in [0.15, 0.2) is 0 Å². The number of aryl methyl sites for hydroxylation is 1. The van der Waals surface area contributed by atoms with E-state index in [1.54, 1.807) is 24.0 Å². The second-order valence-electron chi connectivity index (χ2n) is 6.27. The first kappa shape index (κ1) is 18.0. The minimum absolute atomic E-state index is 0.203. The van der Waals surface area contributed by atoms with Crippen LogP contribution in [0.15, 0.2) is 42.5 Å². The Hall–Kier alpha value is -2.76. The molecular formula is C20H24FN3O2. The van der Waals surface area contributed by atoms with Gasteiger partial charge in [0.1, 0.15) is 11.6 Å². The first-order chi connectivity index (χ1) is 12.6. The molecule has 0 bridgehead atoms. The van der Waals surface area contributed by atoms with Gasteiger partial charge in [0.2, 0.25) is 0 Å². The van der Waals surface area contributed by atoms with E-state index >= 15 is 0 Å². The second-order valence-corrected chi connectivity index (χ2v) is 6.27. The number of anilines is 2. The average molecular weight is 357 g/mol. The van der Waals surface area contributed by atoms with Gasteiger partial charge >= 0.3 is 6.03 Å². The third kappa shape index (κ3) is 4.07. The standard InChI is InChI=1S/C20H24FN3O2/c1-3-26-19-7-5-4-6-18(19)23-10-12-24(13-11-23)20(25)22-16-9-8-15(2)17(21)14-16/h4-9,14H,3,10-13H2,1-2H3,(H,22,25). The summed E-state index contributed by atoms with van der Waals surface area (Å²) in [4.78, 5) is 16.4. The molecule has 1 heterocycles. The van der Waals surface area contributed by atoms with Gasteiger partial charge in [-0.15, -0.1) is 0 Å². The van der Waals surface area contributed by atoms with Crippen molar-refractivity contribution in [2.45, 2.75) is 13.8 Å². The van der Waals surface area contributed by atoms with E-state index < -0.39 is 0 Å². The van der Waals surface area contributed by atoms with Crippen LogP contribution in [0, 0.1) is 12.7 Å². The van der Waals surface area contributed by atoms with Crippen molar-refractivity contribution in [1.82, 2.24) is 4.90 Å². The molecule has 1 aliphatic heterocycles. The minimum atomic E-state index is -0.319. The van der Waals surface area contributed by atoms with Crippen LogP contribution in [0.1, 0.15) is 12.5 Å². The van der Waals surface area contributed by atoms with E-state index in [0.29, 0.717) is 30.9 Å². The highest BCUT2D eigenvalue weighted by atomic mass is 19.1. The predicted molar refractivity (Wildman–Crippen MR) is 102 cm³/mol. The molecule has 0 aliphatic carbocycles. The number of para-hydroxylation sites is 2. The predicted octanol–water partition coefficient (Wildman–Crippen LogP) is 3.89. The second kappa shape index (κ2) is 8.08. The molecule has 138 valence electrons. The third-order valence-corrected chi connectivity index (χ3v) is 4.50. The number of piperazine rings is 1. The molecule has 1 fully saturated rings. The Morgan fingerprint density at radius 2 is 1.88 bits per heavy atom. The lowest BCUT2D eigenvalue weighted by atomic mass is 10.2. The Labute approximate surface area is 153 Å². The third-order valence-electron chi connectivity index (χ3n) is 4.50. The summed E-state index contributed by atoms with van der Waals surface area (Å²) >= 11 is 0. The van der Waals surface area contributed by atoms with E-state index in [9.17, 15) is 9.18 Å². The normalized spacial score (nSPS) is 14.3. The zero-order valence-electron chi connectivity index (χ0n) is 15.2. The molecule has 2 amide bonds. The number of carbonyl (C=O) groups is 1. The quantitative estimate of drug-likeness (QED) is 0.903. The number of urea groups is 1.